The van der Waals surface area contributed by atoms with Crippen molar-refractivity contribution in [1.82, 2.24) is 5.43 Å². The van der Waals surface area contributed by atoms with Gasteiger partial charge in [0.2, 0.25) is 0 Å². The lowest BCUT2D eigenvalue weighted by molar-refractivity contribution is -0.130. The predicted molar refractivity (Wildman–Crippen MR) is 28.8 cm³/mol. The molecular weight excluding hydrogens is 108 g/mol. The van der Waals surface area contributed by atoms with Crippen molar-refractivity contribution in [2.45, 2.75) is 13.0 Å². The summed E-state index contributed by atoms with van der Waals surface area (Å²) in [5.74, 6) is 4.46. The van der Waals surface area contributed by atoms with Crippen molar-refractivity contribution in [1.29, 1.82) is 0 Å². The first-order valence-corrected chi connectivity index (χ1v) is 2.25. The lowest BCUT2D eigenvalue weighted by Gasteiger charge is -2.04. The summed E-state index contributed by atoms with van der Waals surface area (Å²) < 4.78 is 4.61. The highest BCUT2D eigenvalue weighted by atomic mass is 16.5. The maximum Gasteiger partial charge on any atom is 0.262 e. The zero-order valence-corrected chi connectivity index (χ0v) is 4.97. The summed E-state index contributed by atoms with van der Waals surface area (Å²) in [5.41, 5.74) is 1.95. The molecule has 0 radical (unpaired) electrons. The molecule has 0 aromatic rings. The molecule has 3 N–H and O–H groups in total. The molecule has 0 aliphatic carbocycles. The number of hydrazine groups is 1. The van der Waals surface area contributed by atoms with Crippen molar-refractivity contribution in [3.05, 3.63) is 0 Å². The van der Waals surface area contributed by atoms with Gasteiger partial charge in [-0.15, -0.1) is 0 Å². The molecule has 0 saturated heterocycles. The minimum absolute atomic E-state index is 0.312. The van der Waals surface area contributed by atoms with E-state index in [4.69, 9.17) is 5.84 Å². The van der Waals surface area contributed by atoms with Crippen molar-refractivity contribution >= 4 is 5.91 Å². The number of hydrogen-bond acceptors (Lipinski definition) is 3. The van der Waals surface area contributed by atoms with Crippen LogP contribution in [0, 0.1) is 0 Å². The minimum Gasteiger partial charge on any atom is -0.372 e. The molecule has 0 unspecified atom stereocenters. The summed E-state index contributed by atoms with van der Waals surface area (Å²) in [6, 6.07) is 0. The lowest BCUT2D eigenvalue weighted by Crippen LogP contribution is -2.38. The van der Waals surface area contributed by atoms with Gasteiger partial charge >= 0.3 is 0 Å². The van der Waals surface area contributed by atoms with Crippen molar-refractivity contribution in [3.63, 3.8) is 0 Å². The molecule has 4 nitrogen and oxygen atoms in total. The molecule has 0 saturated carbocycles. The number of nitrogens with two attached hydrogens (primary N) is 1. The van der Waals surface area contributed by atoms with Crippen molar-refractivity contribution in [2.24, 2.45) is 5.84 Å². The molecule has 1 amide bonds. The second kappa shape index (κ2) is 3.40. The van der Waals surface area contributed by atoms with Crippen molar-refractivity contribution in [2.75, 3.05) is 7.11 Å². The number of carbonyl (C=O) groups excluding carboxylic acids is 1. The third kappa shape index (κ3) is 1.90. The quantitative estimate of drug-likeness (QED) is 0.278. The van der Waals surface area contributed by atoms with Crippen molar-refractivity contribution < 1.29 is 9.53 Å². The standard InChI is InChI=1S/C4H10N2O2/c1-3(8-2)4(7)6-5/h3H,5H2,1-2H3,(H,6,7)/t3-/m1/s1. The van der Waals surface area contributed by atoms with E-state index in [1.54, 1.807) is 6.92 Å². The zero-order chi connectivity index (χ0) is 6.57. The predicted octanol–water partition coefficient (Wildman–Crippen LogP) is -0.989. The van der Waals surface area contributed by atoms with Crippen LogP contribution in [-0.2, 0) is 9.53 Å². The molecule has 0 spiro atoms. The molecule has 0 aliphatic rings. The highest BCUT2D eigenvalue weighted by molar-refractivity contribution is 5.79. The summed E-state index contributed by atoms with van der Waals surface area (Å²) in [6.45, 7) is 1.61. The number of amides is 1. The van der Waals surface area contributed by atoms with E-state index >= 15 is 0 Å². The molecular formula is C4H10N2O2. The highest BCUT2D eigenvalue weighted by Crippen LogP contribution is 1.83. The normalized spacial score (nSPS) is 12.9. The molecule has 0 heterocycles. The van der Waals surface area contributed by atoms with Gasteiger partial charge in [-0.2, -0.15) is 0 Å². The van der Waals surface area contributed by atoms with Crippen LogP contribution in [0.5, 0.6) is 0 Å². The number of hydrogen-bond donors (Lipinski definition) is 2. The van der Waals surface area contributed by atoms with E-state index in [2.05, 4.69) is 4.74 Å². The number of nitrogens with one attached hydrogen (secondary N) is 1. The van der Waals surface area contributed by atoms with Crippen LogP contribution in [-0.4, -0.2) is 19.1 Å². The van der Waals surface area contributed by atoms with Crippen LogP contribution in [0.3, 0.4) is 0 Å². The van der Waals surface area contributed by atoms with Crippen LogP contribution in [0.15, 0.2) is 0 Å². The molecule has 48 valence electrons. The molecule has 0 aromatic carbocycles. The SMILES string of the molecule is CO[C@H](C)C(=O)NN. The van der Waals surface area contributed by atoms with Gasteiger partial charge in [0.1, 0.15) is 6.10 Å². The van der Waals surface area contributed by atoms with Gasteiger partial charge in [-0.3, -0.25) is 10.2 Å². The Hall–Kier alpha value is -0.610. The van der Waals surface area contributed by atoms with E-state index in [1.807, 2.05) is 5.43 Å². The van der Waals surface area contributed by atoms with Crippen LogP contribution in [0.2, 0.25) is 0 Å². The first-order chi connectivity index (χ1) is 3.72. The monoisotopic (exact) mass is 118 g/mol. The summed E-state index contributed by atoms with van der Waals surface area (Å²) in [5, 5.41) is 0. The molecule has 0 aromatic heterocycles. The van der Waals surface area contributed by atoms with Gasteiger partial charge in [-0.05, 0) is 6.92 Å². The number of ether oxygens (including phenoxy) is 1. The Balaban J connectivity index is 3.46. The average Bonchev–Trinajstić information content (AvgIpc) is 1.84. The van der Waals surface area contributed by atoms with Gasteiger partial charge in [0, 0.05) is 7.11 Å². The van der Waals surface area contributed by atoms with Crippen LogP contribution in [0.4, 0.5) is 0 Å². The van der Waals surface area contributed by atoms with E-state index in [0.717, 1.165) is 0 Å². The molecule has 8 heavy (non-hydrogen) atoms. The Bertz CT molecular complexity index is 84.1. The summed E-state index contributed by atoms with van der Waals surface area (Å²) in [4.78, 5) is 10.4. The minimum atomic E-state index is -0.458. The molecule has 1 atom stereocenters. The van der Waals surface area contributed by atoms with Gasteiger partial charge in [-0.25, -0.2) is 5.84 Å². The lowest BCUT2D eigenvalue weighted by atomic mass is 10.4. The van der Waals surface area contributed by atoms with Crippen molar-refractivity contribution in [3.8, 4) is 0 Å². The van der Waals surface area contributed by atoms with Gasteiger partial charge in [-0.1, -0.05) is 0 Å². The van der Waals surface area contributed by atoms with Gasteiger partial charge in [0.05, 0.1) is 0 Å². The summed E-state index contributed by atoms with van der Waals surface area (Å²) in [6.07, 6.45) is -0.458. The number of rotatable bonds is 2. The Morgan fingerprint density at radius 2 is 2.38 bits per heavy atom. The Labute approximate surface area is 48.0 Å². The third-order valence-electron chi connectivity index (χ3n) is 0.865. The average molecular weight is 118 g/mol. The smallest absolute Gasteiger partial charge is 0.262 e. The van der Waals surface area contributed by atoms with E-state index < -0.39 is 6.10 Å². The molecule has 4 heteroatoms. The van der Waals surface area contributed by atoms with E-state index in [-0.39, 0.29) is 5.91 Å². The van der Waals surface area contributed by atoms with E-state index in [1.165, 1.54) is 7.11 Å². The maximum absolute atomic E-state index is 10.4. The molecule has 0 aliphatic heterocycles. The number of methoxy groups -OCH3 is 1. The van der Waals surface area contributed by atoms with Gasteiger partial charge in [0.15, 0.2) is 0 Å². The molecule has 0 fully saturated rings. The summed E-state index contributed by atoms with van der Waals surface area (Å²) >= 11 is 0. The second-order valence-corrected chi connectivity index (χ2v) is 1.39. The zero-order valence-electron chi connectivity index (χ0n) is 4.97. The first kappa shape index (κ1) is 7.39. The van der Waals surface area contributed by atoms with Crippen LogP contribution >= 0.6 is 0 Å². The fourth-order valence-electron chi connectivity index (χ4n) is 0.224. The maximum atomic E-state index is 10.4. The van der Waals surface area contributed by atoms with Gasteiger partial charge in [0.25, 0.3) is 5.91 Å². The van der Waals surface area contributed by atoms with E-state index in [9.17, 15) is 4.79 Å². The fraction of sp³-hybridized carbons (Fsp3) is 0.750. The largest absolute Gasteiger partial charge is 0.372 e. The Morgan fingerprint density at radius 3 is 2.50 bits per heavy atom. The molecule has 0 bridgehead atoms. The Kier molecular flexibility index (Phi) is 3.14. The van der Waals surface area contributed by atoms with Crippen LogP contribution < -0.4 is 11.3 Å². The topological polar surface area (TPSA) is 64.3 Å². The van der Waals surface area contributed by atoms with Gasteiger partial charge < -0.3 is 4.74 Å². The number of carbonyl (C=O) groups is 1. The molecule has 0 rings (SSSR count). The fourth-order valence-corrected chi connectivity index (χ4v) is 0.224. The van der Waals surface area contributed by atoms with Crippen LogP contribution in [0.25, 0.3) is 0 Å². The second-order valence-electron chi connectivity index (χ2n) is 1.39. The first-order valence-electron chi connectivity index (χ1n) is 2.25. The van der Waals surface area contributed by atoms with Crippen LogP contribution in [0.1, 0.15) is 6.92 Å². The Morgan fingerprint density at radius 1 is 1.88 bits per heavy atom. The summed E-state index contributed by atoms with van der Waals surface area (Å²) in [7, 11) is 1.44. The highest BCUT2D eigenvalue weighted by Gasteiger charge is 2.07. The third-order valence-corrected chi connectivity index (χ3v) is 0.865. The van der Waals surface area contributed by atoms with E-state index in [0.29, 0.717) is 0 Å².